The van der Waals surface area contributed by atoms with Crippen LogP contribution in [0.3, 0.4) is 0 Å². The van der Waals surface area contributed by atoms with Crippen molar-refractivity contribution in [2.75, 3.05) is 26.2 Å². The van der Waals surface area contributed by atoms with Crippen molar-refractivity contribution in [2.45, 2.75) is 70.0 Å². The highest BCUT2D eigenvalue weighted by Crippen LogP contribution is 2.29. The Balaban J connectivity index is 1.62. The van der Waals surface area contributed by atoms with Crippen molar-refractivity contribution in [3.05, 3.63) is 0 Å². The van der Waals surface area contributed by atoms with Gasteiger partial charge in [-0.1, -0.05) is 6.92 Å². The standard InChI is InChI=1S/C15H29NO2/c1-2-10-16-11-8-15(17,9-12-16)7-3-5-14-6-4-13-18-14/h14,17H,2-13H2,1H3. The highest BCUT2D eigenvalue weighted by Gasteiger charge is 2.31. The average molecular weight is 255 g/mol. The highest BCUT2D eigenvalue weighted by molar-refractivity contribution is 4.86. The normalized spacial score (nSPS) is 28.7. The summed E-state index contributed by atoms with van der Waals surface area (Å²) < 4.78 is 5.63. The first kappa shape index (κ1) is 14.3. The number of piperidine rings is 1. The van der Waals surface area contributed by atoms with E-state index in [-0.39, 0.29) is 5.60 Å². The van der Waals surface area contributed by atoms with Crippen molar-refractivity contribution < 1.29 is 9.84 Å². The van der Waals surface area contributed by atoms with Gasteiger partial charge < -0.3 is 14.7 Å². The summed E-state index contributed by atoms with van der Waals surface area (Å²) in [5, 5.41) is 10.6. The molecule has 2 rings (SSSR count). The summed E-state index contributed by atoms with van der Waals surface area (Å²) in [5.41, 5.74) is -0.386. The fraction of sp³-hybridized carbons (Fsp3) is 1.00. The quantitative estimate of drug-likeness (QED) is 0.792. The second kappa shape index (κ2) is 6.88. The number of hydrogen-bond acceptors (Lipinski definition) is 3. The van der Waals surface area contributed by atoms with E-state index in [0.29, 0.717) is 6.10 Å². The fourth-order valence-electron chi connectivity index (χ4n) is 3.29. The maximum atomic E-state index is 10.6. The van der Waals surface area contributed by atoms with E-state index in [9.17, 15) is 5.11 Å². The van der Waals surface area contributed by atoms with Crippen molar-refractivity contribution in [1.82, 2.24) is 4.90 Å². The van der Waals surface area contributed by atoms with Gasteiger partial charge in [-0.15, -0.1) is 0 Å². The summed E-state index contributed by atoms with van der Waals surface area (Å²) in [6, 6.07) is 0. The molecule has 0 aliphatic carbocycles. The van der Waals surface area contributed by atoms with Gasteiger partial charge in [0.1, 0.15) is 0 Å². The van der Waals surface area contributed by atoms with Crippen LogP contribution < -0.4 is 0 Å². The monoisotopic (exact) mass is 255 g/mol. The number of rotatable bonds is 6. The number of hydrogen-bond donors (Lipinski definition) is 1. The van der Waals surface area contributed by atoms with E-state index in [4.69, 9.17) is 4.74 Å². The molecule has 2 aliphatic rings. The SMILES string of the molecule is CCCN1CCC(O)(CCCC2CCCO2)CC1. The van der Waals surface area contributed by atoms with Crippen LogP contribution in [0.25, 0.3) is 0 Å². The van der Waals surface area contributed by atoms with Crippen LogP contribution in [0.1, 0.15) is 58.3 Å². The van der Waals surface area contributed by atoms with Crippen LogP contribution in [-0.4, -0.2) is 48.0 Å². The summed E-state index contributed by atoms with van der Waals surface area (Å²) in [6.07, 6.45) is 9.29. The lowest BCUT2D eigenvalue weighted by atomic mass is 9.86. The third-order valence-electron chi connectivity index (χ3n) is 4.52. The highest BCUT2D eigenvalue weighted by atomic mass is 16.5. The number of ether oxygens (including phenoxy) is 1. The average Bonchev–Trinajstić information content (AvgIpc) is 2.86. The van der Waals surface area contributed by atoms with Gasteiger partial charge >= 0.3 is 0 Å². The molecule has 0 saturated carbocycles. The zero-order valence-electron chi connectivity index (χ0n) is 11.9. The first-order valence-electron chi connectivity index (χ1n) is 7.78. The number of nitrogens with zero attached hydrogens (tertiary/aromatic N) is 1. The van der Waals surface area contributed by atoms with Gasteiger partial charge in [-0.3, -0.25) is 0 Å². The summed E-state index contributed by atoms with van der Waals surface area (Å²) in [7, 11) is 0. The van der Waals surface area contributed by atoms with Gasteiger partial charge in [-0.2, -0.15) is 0 Å². The van der Waals surface area contributed by atoms with Crippen molar-refractivity contribution >= 4 is 0 Å². The van der Waals surface area contributed by atoms with Gasteiger partial charge in [0.2, 0.25) is 0 Å². The summed E-state index contributed by atoms with van der Waals surface area (Å²) in [6.45, 7) is 6.50. The minimum Gasteiger partial charge on any atom is -0.390 e. The molecule has 1 N–H and O–H groups in total. The Morgan fingerprint density at radius 1 is 1.33 bits per heavy atom. The van der Waals surface area contributed by atoms with Gasteiger partial charge in [0.05, 0.1) is 11.7 Å². The summed E-state index contributed by atoms with van der Waals surface area (Å²) in [5.74, 6) is 0. The second-order valence-electron chi connectivity index (χ2n) is 6.09. The molecule has 0 aromatic carbocycles. The molecule has 0 aromatic heterocycles. The third kappa shape index (κ3) is 4.22. The van der Waals surface area contributed by atoms with E-state index < -0.39 is 0 Å². The van der Waals surface area contributed by atoms with Crippen LogP contribution in [-0.2, 0) is 4.74 Å². The molecule has 3 heteroatoms. The van der Waals surface area contributed by atoms with Crippen molar-refractivity contribution in [1.29, 1.82) is 0 Å². The first-order chi connectivity index (χ1) is 8.72. The molecule has 1 atom stereocenters. The fourth-order valence-corrected chi connectivity index (χ4v) is 3.29. The molecule has 2 aliphatic heterocycles. The molecule has 2 fully saturated rings. The number of aliphatic hydroxyl groups is 1. The minimum absolute atomic E-state index is 0.386. The Morgan fingerprint density at radius 2 is 2.11 bits per heavy atom. The van der Waals surface area contributed by atoms with E-state index in [2.05, 4.69) is 11.8 Å². The van der Waals surface area contributed by atoms with Crippen LogP contribution in [0, 0.1) is 0 Å². The lowest BCUT2D eigenvalue weighted by Crippen LogP contribution is -2.44. The molecule has 106 valence electrons. The van der Waals surface area contributed by atoms with Gasteiger partial charge in [-0.05, 0) is 57.9 Å². The van der Waals surface area contributed by atoms with E-state index in [1.54, 1.807) is 0 Å². The lowest BCUT2D eigenvalue weighted by molar-refractivity contribution is -0.0313. The molecule has 1 unspecified atom stereocenters. The molecule has 2 heterocycles. The first-order valence-corrected chi connectivity index (χ1v) is 7.78. The minimum atomic E-state index is -0.386. The molecule has 0 aromatic rings. The molecule has 0 spiro atoms. The van der Waals surface area contributed by atoms with Gasteiger partial charge in [0.15, 0.2) is 0 Å². The second-order valence-corrected chi connectivity index (χ2v) is 6.09. The van der Waals surface area contributed by atoms with Crippen LogP contribution in [0.4, 0.5) is 0 Å². The molecule has 3 nitrogen and oxygen atoms in total. The van der Waals surface area contributed by atoms with E-state index in [0.717, 1.165) is 51.8 Å². The molecular weight excluding hydrogens is 226 g/mol. The predicted octanol–water partition coefficient (Wildman–Crippen LogP) is 2.57. The zero-order valence-corrected chi connectivity index (χ0v) is 11.9. The van der Waals surface area contributed by atoms with Crippen LogP contribution in [0.5, 0.6) is 0 Å². The molecule has 18 heavy (non-hydrogen) atoms. The van der Waals surface area contributed by atoms with Crippen molar-refractivity contribution in [3.63, 3.8) is 0 Å². The van der Waals surface area contributed by atoms with Gasteiger partial charge in [-0.25, -0.2) is 0 Å². The molecular formula is C15H29NO2. The molecule has 0 bridgehead atoms. The van der Waals surface area contributed by atoms with Crippen LogP contribution in [0.2, 0.25) is 0 Å². The lowest BCUT2D eigenvalue weighted by Gasteiger charge is -2.38. The Bertz CT molecular complexity index is 231. The van der Waals surface area contributed by atoms with Crippen molar-refractivity contribution in [3.8, 4) is 0 Å². The van der Waals surface area contributed by atoms with Crippen molar-refractivity contribution in [2.24, 2.45) is 0 Å². The smallest absolute Gasteiger partial charge is 0.0672 e. The largest absolute Gasteiger partial charge is 0.390 e. The number of likely N-dealkylation sites (tertiary alicyclic amines) is 1. The molecule has 2 saturated heterocycles. The van der Waals surface area contributed by atoms with E-state index in [1.165, 1.54) is 25.8 Å². The predicted molar refractivity (Wildman–Crippen MR) is 73.7 cm³/mol. The zero-order chi connectivity index (χ0) is 12.8. The van der Waals surface area contributed by atoms with Gasteiger partial charge in [0, 0.05) is 19.7 Å². The maximum Gasteiger partial charge on any atom is 0.0672 e. The Kier molecular flexibility index (Phi) is 5.46. The summed E-state index contributed by atoms with van der Waals surface area (Å²) >= 11 is 0. The summed E-state index contributed by atoms with van der Waals surface area (Å²) in [4.78, 5) is 2.48. The van der Waals surface area contributed by atoms with E-state index >= 15 is 0 Å². The Labute approximate surface area is 112 Å². The topological polar surface area (TPSA) is 32.7 Å². The van der Waals surface area contributed by atoms with E-state index in [1.807, 2.05) is 0 Å². The Hall–Kier alpha value is -0.120. The maximum absolute atomic E-state index is 10.6. The molecule has 0 amide bonds. The molecule has 0 radical (unpaired) electrons. The third-order valence-corrected chi connectivity index (χ3v) is 4.52. The van der Waals surface area contributed by atoms with Crippen LogP contribution >= 0.6 is 0 Å². The Morgan fingerprint density at radius 3 is 2.72 bits per heavy atom. The van der Waals surface area contributed by atoms with Crippen LogP contribution in [0.15, 0.2) is 0 Å². The van der Waals surface area contributed by atoms with Gasteiger partial charge in [0.25, 0.3) is 0 Å².